The average Bonchev–Trinajstić information content (AvgIpc) is 2.35. The lowest BCUT2D eigenvalue weighted by Gasteiger charge is -2.01. The third kappa shape index (κ3) is 8.04. The van der Waals surface area contributed by atoms with Crippen LogP contribution in [0.15, 0.2) is 24.3 Å². The summed E-state index contributed by atoms with van der Waals surface area (Å²) in [7, 11) is 1.70. The summed E-state index contributed by atoms with van der Waals surface area (Å²) in [5.74, 6) is 0.955. The van der Waals surface area contributed by atoms with Crippen LogP contribution in [0.1, 0.15) is 46.6 Å². The average molecular weight is 210 g/mol. The van der Waals surface area contributed by atoms with E-state index in [0.717, 1.165) is 12.2 Å². The zero-order valence-electron chi connectivity index (χ0n) is 11.1. The largest absolute Gasteiger partial charge is 0.497 e. The van der Waals surface area contributed by atoms with Crippen molar-refractivity contribution in [1.29, 1.82) is 0 Å². The summed E-state index contributed by atoms with van der Waals surface area (Å²) < 4.78 is 5.10. The standard InChI is InChI=1S/C10H14O.2C2H6/c1-3-5-9-6-4-7-10(8-9)11-2;2*1-2/h4,6-8H,3,5H2,1-2H3;2*1-2H3. The Morgan fingerprint density at radius 1 is 1.07 bits per heavy atom. The van der Waals surface area contributed by atoms with Crippen molar-refractivity contribution in [1.82, 2.24) is 0 Å². The Kier molecular flexibility index (Phi) is 14.3. The molecule has 0 N–H and O–H groups in total. The monoisotopic (exact) mass is 210 g/mol. The molecule has 1 heteroatoms. The van der Waals surface area contributed by atoms with Crippen molar-refractivity contribution in [2.45, 2.75) is 47.5 Å². The molecule has 0 saturated carbocycles. The van der Waals surface area contributed by atoms with E-state index in [0.29, 0.717) is 0 Å². The highest BCUT2D eigenvalue weighted by molar-refractivity contribution is 5.28. The van der Waals surface area contributed by atoms with E-state index in [2.05, 4.69) is 19.1 Å². The lowest BCUT2D eigenvalue weighted by Crippen LogP contribution is -1.86. The summed E-state index contributed by atoms with van der Waals surface area (Å²) in [5.41, 5.74) is 1.35. The van der Waals surface area contributed by atoms with Gasteiger partial charge in [-0.05, 0) is 24.1 Å². The second-order valence-electron chi connectivity index (χ2n) is 2.60. The first-order valence-electron chi connectivity index (χ1n) is 5.99. The highest BCUT2D eigenvalue weighted by atomic mass is 16.5. The van der Waals surface area contributed by atoms with Gasteiger partial charge >= 0.3 is 0 Å². The van der Waals surface area contributed by atoms with Gasteiger partial charge in [0.15, 0.2) is 0 Å². The van der Waals surface area contributed by atoms with E-state index < -0.39 is 0 Å². The first-order valence-corrected chi connectivity index (χ1v) is 5.99. The molecule has 0 bridgehead atoms. The van der Waals surface area contributed by atoms with Gasteiger partial charge in [-0.3, -0.25) is 0 Å². The maximum Gasteiger partial charge on any atom is 0.119 e. The van der Waals surface area contributed by atoms with Gasteiger partial charge in [0, 0.05) is 0 Å². The van der Waals surface area contributed by atoms with Crippen LogP contribution in [-0.2, 0) is 6.42 Å². The van der Waals surface area contributed by atoms with Crippen molar-refractivity contribution in [3.8, 4) is 5.75 Å². The van der Waals surface area contributed by atoms with Crippen molar-refractivity contribution in [2.24, 2.45) is 0 Å². The second-order valence-corrected chi connectivity index (χ2v) is 2.60. The molecular formula is C14H26O. The van der Waals surface area contributed by atoms with E-state index in [1.54, 1.807) is 7.11 Å². The van der Waals surface area contributed by atoms with Crippen LogP contribution in [0.5, 0.6) is 5.75 Å². The van der Waals surface area contributed by atoms with Crippen molar-refractivity contribution in [2.75, 3.05) is 7.11 Å². The predicted molar refractivity (Wildman–Crippen MR) is 69.7 cm³/mol. The van der Waals surface area contributed by atoms with Gasteiger partial charge in [-0.15, -0.1) is 0 Å². The van der Waals surface area contributed by atoms with E-state index in [-0.39, 0.29) is 0 Å². The quantitative estimate of drug-likeness (QED) is 0.702. The van der Waals surface area contributed by atoms with Gasteiger partial charge in [0.1, 0.15) is 5.75 Å². The molecule has 1 aromatic carbocycles. The number of rotatable bonds is 3. The fraction of sp³-hybridized carbons (Fsp3) is 0.571. The topological polar surface area (TPSA) is 9.23 Å². The molecule has 0 spiro atoms. The zero-order valence-corrected chi connectivity index (χ0v) is 11.1. The highest BCUT2D eigenvalue weighted by Gasteiger charge is 1.92. The van der Waals surface area contributed by atoms with Crippen molar-refractivity contribution in [3.05, 3.63) is 29.8 Å². The molecular weight excluding hydrogens is 184 g/mol. The molecule has 0 fully saturated rings. The van der Waals surface area contributed by atoms with Crippen LogP contribution in [0, 0.1) is 0 Å². The van der Waals surface area contributed by atoms with E-state index in [4.69, 9.17) is 4.74 Å². The van der Waals surface area contributed by atoms with Gasteiger partial charge in [0.25, 0.3) is 0 Å². The minimum absolute atomic E-state index is 0.955. The van der Waals surface area contributed by atoms with Crippen LogP contribution in [-0.4, -0.2) is 7.11 Å². The molecule has 0 aromatic heterocycles. The molecule has 15 heavy (non-hydrogen) atoms. The zero-order chi connectivity index (χ0) is 12.1. The Balaban J connectivity index is 0. The number of hydrogen-bond acceptors (Lipinski definition) is 1. The van der Waals surface area contributed by atoms with Gasteiger partial charge in [0.2, 0.25) is 0 Å². The van der Waals surface area contributed by atoms with Crippen molar-refractivity contribution < 1.29 is 4.74 Å². The molecule has 1 nitrogen and oxygen atoms in total. The smallest absolute Gasteiger partial charge is 0.119 e. The summed E-state index contributed by atoms with van der Waals surface area (Å²) in [5, 5.41) is 0. The molecule has 0 aliphatic heterocycles. The minimum Gasteiger partial charge on any atom is -0.497 e. The van der Waals surface area contributed by atoms with Crippen LogP contribution in [0.2, 0.25) is 0 Å². The van der Waals surface area contributed by atoms with Crippen LogP contribution >= 0.6 is 0 Å². The number of ether oxygens (including phenoxy) is 1. The van der Waals surface area contributed by atoms with E-state index in [9.17, 15) is 0 Å². The van der Waals surface area contributed by atoms with Gasteiger partial charge in [-0.2, -0.15) is 0 Å². The molecule has 0 unspecified atom stereocenters. The van der Waals surface area contributed by atoms with Crippen LogP contribution in [0.25, 0.3) is 0 Å². The highest BCUT2D eigenvalue weighted by Crippen LogP contribution is 2.13. The van der Waals surface area contributed by atoms with Crippen LogP contribution in [0.3, 0.4) is 0 Å². The minimum atomic E-state index is 0.955. The Hall–Kier alpha value is -0.980. The number of methoxy groups -OCH3 is 1. The SMILES string of the molecule is CC.CC.CCCc1cccc(OC)c1. The summed E-state index contributed by atoms with van der Waals surface area (Å²) in [6.07, 6.45) is 2.32. The first kappa shape index (κ1) is 16.4. The Bertz CT molecular complexity index is 218. The molecule has 0 radical (unpaired) electrons. The lowest BCUT2D eigenvalue weighted by molar-refractivity contribution is 0.414. The van der Waals surface area contributed by atoms with E-state index >= 15 is 0 Å². The summed E-state index contributed by atoms with van der Waals surface area (Å²) in [4.78, 5) is 0. The molecule has 1 aromatic rings. The maximum atomic E-state index is 5.10. The maximum absolute atomic E-state index is 5.10. The van der Waals surface area contributed by atoms with Crippen LogP contribution < -0.4 is 4.74 Å². The van der Waals surface area contributed by atoms with E-state index in [1.807, 2.05) is 39.8 Å². The summed E-state index contributed by atoms with van der Waals surface area (Å²) in [6, 6.07) is 8.22. The molecule has 88 valence electrons. The third-order valence-electron chi connectivity index (χ3n) is 1.67. The number of benzene rings is 1. The Labute approximate surface area is 95.5 Å². The molecule has 1 rings (SSSR count). The van der Waals surface area contributed by atoms with Crippen LogP contribution in [0.4, 0.5) is 0 Å². The lowest BCUT2D eigenvalue weighted by atomic mass is 10.1. The third-order valence-corrected chi connectivity index (χ3v) is 1.67. The Morgan fingerprint density at radius 2 is 1.67 bits per heavy atom. The molecule has 0 aliphatic rings. The van der Waals surface area contributed by atoms with Gasteiger partial charge in [-0.25, -0.2) is 0 Å². The van der Waals surface area contributed by atoms with Crippen molar-refractivity contribution >= 4 is 0 Å². The number of hydrogen-bond donors (Lipinski definition) is 0. The van der Waals surface area contributed by atoms with Gasteiger partial charge in [-0.1, -0.05) is 53.2 Å². The Morgan fingerprint density at radius 3 is 2.13 bits per heavy atom. The van der Waals surface area contributed by atoms with Crippen molar-refractivity contribution in [3.63, 3.8) is 0 Å². The first-order chi connectivity index (χ1) is 7.36. The number of aryl methyl sites for hydroxylation is 1. The molecule has 0 atom stereocenters. The molecule has 0 saturated heterocycles. The fourth-order valence-electron chi connectivity index (χ4n) is 1.12. The summed E-state index contributed by atoms with van der Waals surface area (Å²) >= 11 is 0. The van der Waals surface area contributed by atoms with Gasteiger partial charge in [0.05, 0.1) is 7.11 Å². The van der Waals surface area contributed by atoms with E-state index in [1.165, 1.54) is 12.0 Å². The normalized spacial score (nSPS) is 7.87. The second kappa shape index (κ2) is 13.0. The fourth-order valence-corrected chi connectivity index (χ4v) is 1.12. The molecule has 0 heterocycles. The molecule has 0 amide bonds. The predicted octanol–water partition coefficient (Wildman–Crippen LogP) is 4.70. The van der Waals surface area contributed by atoms with Gasteiger partial charge < -0.3 is 4.74 Å². The molecule has 0 aliphatic carbocycles. The summed E-state index contributed by atoms with van der Waals surface area (Å²) in [6.45, 7) is 10.2.